The second-order valence-corrected chi connectivity index (χ2v) is 6.12. The average Bonchev–Trinajstić information content (AvgIpc) is 2.53. The Morgan fingerprint density at radius 3 is 2.57 bits per heavy atom. The van der Waals surface area contributed by atoms with Crippen LogP contribution in [0.4, 0.5) is 0 Å². The number of carbonyl (C=O) groups excluding carboxylic acids is 1. The fraction of sp³-hybridized carbons (Fsp3) is 0.588. The van der Waals surface area contributed by atoms with Crippen LogP contribution in [0.1, 0.15) is 44.1 Å². The van der Waals surface area contributed by atoms with Gasteiger partial charge in [-0.15, -0.1) is 0 Å². The Morgan fingerprint density at radius 2 is 1.90 bits per heavy atom. The number of carbonyl (C=O) groups is 1. The summed E-state index contributed by atoms with van der Waals surface area (Å²) in [4.78, 5) is 12.0. The molecule has 2 rings (SSSR count). The number of aryl methyl sites for hydroxylation is 1. The molecule has 1 aliphatic rings. The van der Waals surface area contributed by atoms with Crippen molar-refractivity contribution in [2.24, 2.45) is 5.41 Å². The topological polar surface area (TPSA) is 69.6 Å². The Kier molecular flexibility index (Phi) is 5.62. The molecule has 1 fully saturated rings. The van der Waals surface area contributed by atoms with Gasteiger partial charge in [-0.25, -0.2) is 0 Å². The minimum Gasteiger partial charge on any atom is -0.508 e. The van der Waals surface area contributed by atoms with Crippen LogP contribution < -0.4 is 5.32 Å². The SMILES string of the molecule is O=C(CCc1ccccc1O)NCC1(CO)CCCCC1. The van der Waals surface area contributed by atoms with Gasteiger partial charge in [-0.1, -0.05) is 37.5 Å². The molecule has 0 spiro atoms. The van der Waals surface area contributed by atoms with E-state index in [4.69, 9.17) is 0 Å². The standard InChI is InChI=1S/C17H25NO3/c19-13-17(10-4-1-5-11-17)12-18-16(21)9-8-14-6-2-3-7-15(14)20/h2-3,6-7,19-20H,1,4-5,8-13H2,(H,18,21). The molecule has 1 aromatic rings. The Hall–Kier alpha value is -1.55. The first-order valence-electron chi connectivity index (χ1n) is 7.80. The van der Waals surface area contributed by atoms with Gasteiger partial charge in [-0.3, -0.25) is 4.79 Å². The highest BCUT2D eigenvalue weighted by Crippen LogP contribution is 2.35. The van der Waals surface area contributed by atoms with Crippen molar-refractivity contribution in [3.8, 4) is 5.75 Å². The molecule has 0 unspecified atom stereocenters. The third kappa shape index (κ3) is 4.46. The van der Waals surface area contributed by atoms with E-state index in [1.165, 1.54) is 6.42 Å². The molecule has 0 aromatic heterocycles. The number of aliphatic hydroxyl groups excluding tert-OH is 1. The largest absolute Gasteiger partial charge is 0.508 e. The van der Waals surface area contributed by atoms with E-state index in [0.717, 1.165) is 31.2 Å². The number of amides is 1. The lowest BCUT2D eigenvalue weighted by Crippen LogP contribution is -2.41. The summed E-state index contributed by atoms with van der Waals surface area (Å²) in [5.74, 6) is 0.223. The lowest BCUT2D eigenvalue weighted by Gasteiger charge is -2.35. The van der Waals surface area contributed by atoms with E-state index in [2.05, 4.69) is 5.32 Å². The first kappa shape index (κ1) is 15.8. The second-order valence-electron chi connectivity index (χ2n) is 6.12. The van der Waals surface area contributed by atoms with Gasteiger partial charge in [0.1, 0.15) is 5.75 Å². The number of hydrogen-bond acceptors (Lipinski definition) is 3. The van der Waals surface area contributed by atoms with Gasteiger partial charge in [0.15, 0.2) is 0 Å². The minimum absolute atomic E-state index is 0.0170. The summed E-state index contributed by atoms with van der Waals surface area (Å²) in [6.07, 6.45) is 6.36. The lowest BCUT2D eigenvalue weighted by molar-refractivity contribution is -0.121. The molecule has 0 heterocycles. The molecule has 1 aromatic carbocycles. The molecule has 4 nitrogen and oxygen atoms in total. The molecule has 1 aliphatic carbocycles. The van der Waals surface area contributed by atoms with Gasteiger partial charge in [0.05, 0.1) is 6.61 Å². The number of para-hydroxylation sites is 1. The highest BCUT2D eigenvalue weighted by atomic mass is 16.3. The third-order valence-electron chi connectivity index (χ3n) is 4.52. The Bertz CT molecular complexity index is 467. The summed E-state index contributed by atoms with van der Waals surface area (Å²) in [5, 5.41) is 22.2. The summed E-state index contributed by atoms with van der Waals surface area (Å²) in [6.45, 7) is 0.704. The van der Waals surface area contributed by atoms with Gasteiger partial charge in [0.25, 0.3) is 0 Å². The number of phenolic OH excluding ortho intramolecular Hbond substituents is 1. The minimum atomic E-state index is -0.122. The van der Waals surface area contributed by atoms with E-state index in [-0.39, 0.29) is 23.7 Å². The fourth-order valence-corrected chi connectivity index (χ4v) is 3.04. The molecule has 1 saturated carbocycles. The zero-order valence-corrected chi connectivity index (χ0v) is 12.5. The molecule has 0 bridgehead atoms. The van der Waals surface area contributed by atoms with Crippen molar-refractivity contribution in [2.75, 3.05) is 13.2 Å². The monoisotopic (exact) mass is 291 g/mol. The van der Waals surface area contributed by atoms with Crippen molar-refractivity contribution >= 4 is 5.91 Å². The molecule has 0 saturated heterocycles. The van der Waals surface area contributed by atoms with Crippen LogP contribution in [-0.2, 0) is 11.2 Å². The van der Waals surface area contributed by atoms with Gasteiger partial charge < -0.3 is 15.5 Å². The van der Waals surface area contributed by atoms with Crippen LogP contribution >= 0.6 is 0 Å². The summed E-state index contributed by atoms with van der Waals surface area (Å²) >= 11 is 0. The number of aromatic hydroxyl groups is 1. The number of aliphatic hydroxyl groups is 1. The number of hydrogen-bond donors (Lipinski definition) is 3. The molecule has 21 heavy (non-hydrogen) atoms. The Morgan fingerprint density at radius 1 is 1.19 bits per heavy atom. The van der Waals surface area contributed by atoms with Crippen molar-refractivity contribution in [3.63, 3.8) is 0 Å². The zero-order valence-electron chi connectivity index (χ0n) is 12.5. The van der Waals surface area contributed by atoms with Crippen molar-refractivity contribution < 1.29 is 15.0 Å². The summed E-state index contributed by atoms with van der Waals surface area (Å²) < 4.78 is 0. The highest BCUT2D eigenvalue weighted by molar-refractivity contribution is 5.76. The predicted molar refractivity (Wildman–Crippen MR) is 82.0 cm³/mol. The van der Waals surface area contributed by atoms with Crippen LogP contribution in [0.25, 0.3) is 0 Å². The summed E-state index contributed by atoms with van der Waals surface area (Å²) in [7, 11) is 0. The maximum atomic E-state index is 12.0. The molecular weight excluding hydrogens is 266 g/mol. The van der Waals surface area contributed by atoms with Crippen LogP contribution in [0, 0.1) is 5.41 Å². The van der Waals surface area contributed by atoms with Crippen LogP contribution in [0.2, 0.25) is 0 Å². The Labute approximate surface area is 126 Å². The molecule has 0 radical (unpaired) electrons. The Balaban J connectivity index is 1.78. The number of rotatable bonds is 6. The predicted octanol–water partition coefficient (Wildman–Crippen LogP) is 2.38. The highest BCUT2D eigenvalue weighted by Gasteiger charge is 2.31. The number of benzene rings is 1. The average molecular weight is 291 g/mol. The molecule has 0 aliphatic heterocycles. The van der Waals surface area contributed by atoms with Gasteiger partial charge in [-0.2, -0.15) is 0 Å². The van der Waals surface area contributed by atoms with E-state index < -0.39 is 0 Å². The molecule has 1 amide bonds. The number of nitrogens with one attached hydrogen (secondary N) is 1. The van der Waals surface area contributed by atoms with E-state index >= 15 is 0 Å². The second kappa shape index (κ2) is 7.46. The molecule has 4 heteroatoms. The van der Waals surface area contributed by atoms with E-state index in [0.29, 0.717) is 19.4 Å². The molecule has 0 atom stereocenters. The quantitative estimate of drug-likeness (QED) is 0.753. The van der Waals surface area contributed by atoms with Crippen LogP contribution in [0.5, 0.6) is 5.75 Å². The normalized spacial score (nSPS) is 17.4. The van der Waals surface area contributed by atoms with Gasteiger partial charge in [0, 0.05) is 18.4 Å². The van der Waals surface area contributed by atoms with Crippen molar-refractivity contribution in [3.05, 3.63) is 29.8 Å². The molecule has 116 valence electrons. The van der Waals surface area contributed by atoms with Gasteiger partial charge in [0.2, 0.25) is 5.91 Å². The molecule has 3 N–H and O–H groups in total. The lowest BCUT2D eigenvalue weighted by atomic mass is 9.74. The van der Waals surface area contributed by atoms with Crippen LogP contribution in [-0.4, -0.2) is 29.3 Å². The maximum absolute atomic E-state index is 12.0. The van der Waals surface area contributed by atoms with Crippen molar-refractivity contribution in [2.45, 2.75) is 44.9 Å². The van der Waals surface area contributed by atoms with E-state index in [1.54, 1.807) is 12.1 Å². The maximum Gasteiger partial charge on any atom is 0.220 e. The van der Waals surface area contributed by atoms with Crippen LogP contribution in [0.3, 0.4) is 0 Å². The van der Waals surface area contributed by atoms with Crippen molar-refractivity contribution in [1.29, 1.82) is 0 Å². The van der Waals surface area contributed by atoms with Crippen molar-refractivity contribution in [1.82, 2.24) is 5.32 Å². The zero-order chi connectivity index (χ0) is 15.1. The van der Waals surface area contributed by atoms with Crippen LogP contribution in [0.15, 0.2) is 24.3 Å². The first-order valence-corrected chi connectivity index (χ1v) is 7.80. The van der Waals surface area contributed by atoms with E-state index in [1.807, 2.05) is 12.1 Å². The first-order chi connectivity index (χ1) is 10.2. The molecular formula is C17H25NO3. The van der Waals surface area contributed by atoms with Gasteiger partial charge in [-0.05, 0) is 30.9 Å². The summed E-state index contributed by atoms with van der Waals surface area (Å²) in [5.41, 5.74) is 0.671. The summed E-state index contributed by atoms with van der Waals surface area (Å²) in [6, 6.07) is 7.09. The van der Waals surface area contributed by atoms with E-state index in [9.17, 15) is 15.0 Å². The van der Waals surface area contributed by atoms with Gasteiger partial charge >= 0.3 is 0 Å². The smallest absolute Gasteiger partial charge is 0.220 e. The third-order valence-corrected chi connectivity index (χ3v) is 4.52. The number of phenols is 1. The fourth-order valence-electron chi connectivity index (χ4n) is 3.04.